The Morgan fingerprint density at radius 1 is 0.714 bits per heavy atom. The van der Waals surface area contributed by atoms with Crippen LogP contribution in [0, 0.1) is 0 Å². The number of amides is 2. The molecule has 0 radical (unpaired) electrons. The molecule has 1 aromatic carbocycles. The number of allylic oxidation sites excluding steroid dienone is 12. The van der Waals surface area contributed by atoms with Crippen molar-refractivity contribution in [2.24, 2.45) is 0 Å². The minimum atomic E-state index is -0.997. The van der Waals surface area contributed by atoms with Crippen molar-refractivity contribution in [2.45, 2.75) is 90.6 Å². The third-order valence-electron chi connectivity index (χ3n) is 6.08. The molecule has 0 heterocycles. The predicted molar refractivity (Wildman–Crippen MR) is 179 cm³/mol. The van der Waals surface area contributed by atoms with Crippen LogP contribution in [0.4, 0.5) is 0 Å². The van der Waals surface area contributed by atoms with E-state index in [1.54, 1.807) is 38.1 Å². The van der Waals surface area contributed by atoms with Gasteiger partial charge in [0.2, 0.25) is 5.91 Å². The average molecular weight is 595 g/mol. The fourth-order valence-electron chi connectivity index (χ4n) is 3.68. The zero-order chi connectivity index (χ0) is 30.7. The fourth-order valence-corrected chi connectivity index (χ4v) is 3.80. The van der Waals surface area contributed by atoms with Crippen LogP contribution in [-0.2, 0) is 9.59 Å². The van der Waals surface area contributed by atoms with Gasteiger partial charge in [-0.05, 0) is 95.9 Å². The summed E-state index contributed by atoms with van der Waals surface area (Å²) in [6.07, 6.45) is 34.7. The van der Waals surface area contributed by atoms with E-state index in [1.807, 2.05) is 0 Å². The highest BCUT2D eigenvalue weighted by Gasteiger charge is 2.29. The van der Waals surface area contributed by atoms with Crippen molar-refractivity contribution in [3.8, 4) is 5.75 Å². The minimum Gasteiger partial charge on any atom is -0.478 e. The monoisotopic (exact) mass is 594 g/mol. The summed E-state index contributed by atoms with van der Waals surface area (Å²) < 4.78 is 5.80. The maximum atomic E-state index is 12.5. The molecular weight excluding hydrogens is 544 g/mol. The highest BCUT2D eigenvalue weighted by atomic mass is 35.5. The van der Waals surface area contributed by atoms with Crippen molar-refractivity contribution in [3.05, 3.63) is 102 Å². The lowest BCUT2D eigenvalue weighted by molar-refractivity contribution is -0.134. The van der Waals surface area contributed by atoms with Crippen LogP contribution in [0.5, 0.6) is 5.75 Å². The first kappa shape index (κ1) is 36.7. The summed E-state index contributed by atoms with van der Waals surface area (Å²) in [5, 5.41) is 6.47. The van der Waals surface area contributed by atoms with E-state index in [0.29, 0.717) is 30.3 Å². The van der Waals surface area contributed by atoms with Gasteiger partial charge in [0.15, 0.2) is 5.60 Å². The first-order valence-corrected chi connectivity index (χ1v) is 15.6. The van der Waals surface area contributed by atoms with E-state index >= 15 is 0 Å². The summed E-state index contributed by atoms with van der Waals surface area (Å²) in [6, 6.07) is 6.93. The number of carbonyl (C=O) groups is 2. The van der Waals surface area contributed by atoms with Crippen LogP contribution >= 0.6 is 11.6 Å². The summed E-state index contributed by atoms with van der Waals surface area (Å²) in [6.45, 7) is 6.74. The number of rotatable bonds is 22. The second-order valence-corrected chi connectivity index (χ2v) is 10.8. The van der Waals surface area contributed by atoms with Crippen molar-refractivity contribution >= 4 is 23.4 Å². The van der Waals surface area contributed by atoms with Gasteiger partial charge in [-0.1, -0.05) is 91.4 Å². The Bertz CT molecular complexity index is 1050. The molecule has 0 saturated heterocycles. The first-order chi connectivity index (χ1) is 20.3. The lowest BCUT2D eigenvalue weighted by atomic mass is 10.1. The molecule has 0 spiro atoms. The van der Waals surface area contributed by atoms with E-state index in [2.05, 4.69) is 90.5 Å². The van der Waals surface area contributed by atoms with Gasteiger partial charge in [-0.25, -0.2) is 0 Å². The van der Waals surface area contributed by atoms with E-state index in [0.717, 1.165) is 57.8 Å². The molecule has 0 unspecified atom stereocenters. The Balaban J connectivity index is 2.00. The average Bonchev–Trinajstić information content (AvgIpc) is 2.97. The summed E-state index contributed by atoms with van der Waals surface area (Å²) in [7, 11) is 0. The number of ether oxygens (including phenoxy) is 1. The molecule has 0 aliphatic heterocycles. The number of benzene rings is 1. The van der Waals surface area contributed by atoms with Gasteiger partial charge in [-0.15, -0.1) is 0 Å². The first-order valence-electron chi connectivity index (χ1n) is 15.2. The van der Waals surface area contributed by atoms with Crippen molar-refractivity contribution in [1.82, 2.24) is 10.6 Å². The van der Waals surface area contributed by atoms with Crippen molar-refractivity contribution in [2.75, 3.05) is 13.1 Å². The van der Waals surface area contributed by atoms with Crippen molar-refractivity contribution < 1.29 is 14.3 Å². The molecule has 5 nitrogen and oxygen atoms in total. The molecule has 0 atom stereocenters. The highest BCUT2D eigenvalue weighted by molar-refractivity contribution is 6.30. The number of hydrogen-bond donors (Lipinski definition) is 2. The standard InChI is InChI=1S/C36H51ClN2O3/c1-4-5-6-7-8-9-10-11-12-13-14-15-16-17-18-19-20-21-22-25-34(40)38-30-23-24-31-39-35(41)36(2,3)42-33-28-26-32(37)27-29-33/h5-6,8-9,11-12,14-15,17-18,20-21,26-29H,4,7,10,13,16,19,22-25,30-31H2,1-3H3,(H,38,40)(H,39,41)/b6-5-,9-8-,12-11-,15-14-,18-17-,21-20-. The van der Waals surface area contributed by atoms with Crippen LogP contribution in [0.1, 0.15) is 85.0 Å². The van der Waals surface area contributed by atoms with Crippen LogP contribution in [0.3, 0.4) is 0 Å². The van der Waals surface area contributed by atoms with Gasteiger partial charge < -0.3 is 15.4 Å². The van der Waals surface area contributed by atoms with Crippen LogP contribution in [0.2, 0.25) is 5.02 Å². The quantitative estimate of drug-likeness (QED) is 0.104. The molecule has 0 bridgehead atoms. The molecule has 0 aliphatic carbocycles. The molecule has 0 aliphatic rings. The molecule has 42 heavy (non-hydrogen) atoms. The molecule has 6 heteroatoms. The van der Waals surface area contributed by atoms with Crippen LogP contribution < -0.4 is 15.4 Å². The Kier molecular flexibility index (Phi) is 21.2. The highest BCUT2D eigenvalue weighted by Crippen LogP contribution is 2.21. The predicted octanol–water partition coefficient (Wildman–Crippen LogP) is 8.99. The van der Waals surface area contributed by atoms with Gasteiger partial charge >= 0.3 is 0 Å². The number of nitrogens with one attached hydrogen (secondary N) is 2. The third-order valence-corrected chi connectivity index (χ3v) is 6.33. The van der Waals surface area contributed by atoms with E-state index < -0.39 is 5.60 Å². The Hall–Kier alpha value is -3.31. The topological polar surface area (TPSA) is 67.4 Å². The zero-order valence-corrected chi connectivity index (χ0v) is 26.6. The summed E-state index contributed by atoms with van der Waals surface area (Å²) >= 11 is 5.89. The SMILES string of the molecule is CC/C=C\C/C=C\C/C=C\C/C=C\C/C=C\C/C=C\CCC(=O)NCCCCNC(=O)C(C)(C)Oc1ccc(Cl)cc1. The molecule has 1 rings (SSSR count). The zero-order valence-electron chi connectivity index (χ0n) is 25.8. The molecule has 0 fully saturated rings. The smallest absolute Gasteiger partial charge is 0.263 e. The maximum absolute atomic E-state index is 12.5. The van der Waals surface area contributed by atoms with Gasteiger partial charge in [0.05, 0.1) is 0 Å². The van der Waals surface area contributed by atoms with Crippen molar-refractivity contribution in [3.63, 3.8) is 0 Å². The Morgan fingerprint density at radius 2 is 1.17 bits per heavy atom. The fraction of sp³-hybridized carbons (Fsp3) is 0.444. The lowest BCUT2D eigenvalue weighted by Crippen LogP contribution is -2.46. The summed E-state index contributed by atoms with van der Waals surface area (Å²) in [4.78, 5) is 24.5. The van der Waals surface area contributed by atoms with Crippen LogP contribution in [0.25, 0.3) is 0 Å². The molecular formula is C36H51ClN2O3. The number of halogens is 1. The van der Waals surface area contributed by atoms with Gasteiger partial charge in [0.1, 0.15) is 5.75 Å². The van der Waals surface area contributed by atoms with Gasteiger partial charge in [0.25, 0.3) is 5.91 Å². The normalized spacial score (nSPS) is 12.6. The second-order valence-electron chi connectivity index (χ2n) is 10.3. The number of hydrogen-bond acceptors (Lipinski definition) is 3. The molecule has 230 valence electrons. The molecule has 2 amide bonds. The minimum absolute atomic E-state index is 0.0519. The largest absolute Gasteiger partial charge is 0.478 e. The van der Waals surface area contributed by atoms with E-state index in [9.17, 15) is 9.59 Å². The van der Waals surface area contributed by atoms with E-state index in [4.69, 9.17) is 16.3 Å². The van der Waals surface area contributed by atoms with E-state index in [1.165, 1.54) is 0 Å². The molecule has 0 aromatic heterocycles. The van der Waals surface area contributed by atoms with Gasteiger partial charge in [0, 0.05) is 24.5 Å². The summed E-state index contributed by atoms with van der Waals surface area (Å²) in [5.41, 5.74) is -0.997. The maximum Gasteiger partial charge on any atom is 0.263 e. The number of unbranched alkanes of at least 4 members (excludes halogenated alkanes) is 1. The van der Waals surface area contributed by atoms with Gasteiger partial charge in [-0.2, -0.15) is 0 Å². The number of carbonyl (C=O) groups excluding carboxylic acids is 2. The molecule has 0 saturated carbocycles. The Labute approximate surface area is 259 Å². The second kappa shape index (κ2) is 24.3. The summed E-state index contributed by atoms with van der Waals surface area (Å²) in [5.74, 6) is 0.459. The third kappa shape index (κ3) is 20.5. The van der Waals surface area contributed by atoms with Crippen LogP contribution in [-0.4, -0.2) is 30.5 Å². The molecule has 2 N–H and O–H groups in total. The van der Waals surface area contributed by atoms with Crippen molar-refractivity contribution in [1.29, 1.82) is 0 Å². The Morgan fingerprint density at radius 3 is 1.67 bits per heavy atom. The molecule has 1 aromatic rings. The lowest BCUT2D eigenvalue weighted by Gasteiger charge is -2.25. The van der Waals surface area contributed by atoms with E-state index in [-0.39, 0.29) is 11.8 Å². The van der Waals surface area contributed by atoms with Gasteiger partial charge in [-0.3, -0.25) is 9.59 Å². The van der Waals surface area contributed by atoms with Crippen LogP contribution in [0.15, 0.2) is 97.2 Å².